The van der Waals surface area contributed by atoms with Gasteiger partial charge in [0.25, 0.3) is 5.91 Å². The Kier molecular flexibility index (Phi) is 4.73. The molecule has 1 unspecified atom stereocenters. The topological polar surface area (TPSA) is 50.2 Å². The van der Waals surface area contributed by atoms with Gasteiger partial charge in [-0.1, -0.05) is 0 Å². The third-order valence-corrected chi connectivity index (χ3v) is 4.71. The number of nitrogens with zero attached hydrogens (tertiary/aromatic N) is 3. The van der Waals surface area contributed by atoms with E-state index in [0.29, 0.717) is 35.8 Å². The minimum Gasteiger partial charge on any atom is -0.375 e. The summed E-state index contributed by atoms with van der Waals surface area (Å²) in [5.74, 6) is -3.84. The standard InChI is InChI=1S/C20H16F4N4O/c1-11-10-27(15-4-2-12(21)3-5-15)20(29)18-8-14(26-28(11)18)9-25-19-16(23)6-13(22)7-17(19)24/h2-8,11,25H,9-10H2,1H3. The molecule has 0 aliphatic carbocycles. The van der Waals surface area contributed by atoms with Crippen molar-refractivity contribution in [3.05, 3.63) is 77.1 Å². The van der Waals surface area contributed by atoms with Crippen LogP contribution in [0.2, 0.25) is 0 Å². The molecule has 3 aromatic rings. The van der Waals surface area contributed by atoms with Crippen molar-refractivity contribution in [2.24, 2.45) is 0 Å². The maximum Gasteiger partial charge on any atom is 0.276 e. The molecule has 1 N–H and O–H groups in total. The zero-order chi connectivity index (χ0) is 20.7. The average molecular weight is 404 g/mol. The fraction of sp³-hybridized carbons (Fsp3) is 0.200. The molecule has 0 bridgehead atoms. The lowest BCUT2D eigenvalue weighted by Crippen LogP contribution is -2.42. The first-order chi connectivity index (χ1) is 13.8. The molecule has 0 fully saturated rings. The van der Waals surface area contributed by atoms with Crippen LogP contribution in [0, 0.1) is 23.3 Å². The van der Waals surface area contributed by atoms with Crippen LogP contribution in [0.25, 0.3) is 0 Å². The minimum atomic E-state index is -1.06. The predicted molar refractivity (Wildman–Crippen MR) is 98.7 cm³/mol. The van der Waals surface area contributed by atoms with Crippen LogP contribution in [0.3, 0.4) is 0 Å². The van der Waals surface area contributed by atoms with Crippen LogP contribution in [0.5, 0.6) is 0 Å². The van der Waals surface area contributed by atoms with Gasteiger partial charge in [-0.3, -0.25) is 9.48 Å². The lowest BCUT2D eigenvalue weighted by Gasteiger charge is -2.31. The van der Waals surface area contributed by atoms with Crippen LogP contribution >= 0.6 is 0 Å². The van der Waals surface area contributed by atoms with Gasteiger partial charge in [0.15, 0.2) is 11.6 Å². The Labute approximate surface area is 163 Å². The van der Waals surface area contributed by atoms with E-state index in [1.165, 1.54) is 35.2 Å². The van der Waals surface area contributed by atoms with E-state index in [1.807, 2.05) is 6.92 Å². The molecule has 150 valence electrons. The van der Waals surface area contributed by atoms with Gasteiger partial charge in [0.05, 0.1) is 18.3 Å². The van der Waals surface area contributed by atoms with Crippen molar-refractivity contribution in [2.75, 3.05) is 16.8 Å². The molecular formula is C20H16F4N4O. The number of aromatic nitrogens is 2. The fourth-order valence-corrected chi connectivity index (χ4v) is 3.32. The first kappa shape index (κ1) is 19.0. The number of hydrogen-bond donors (Lipinski definition) is 1. The van der Waals surface area contributed by atoms with E-state index >= 15 is 0 Å². The van der Waals surface area contributed by atoms with Crippen LogP contribution in [-0.2, 0) is 6.54 Å². The van der Waals surface area contributed by atoms with E-state index < -0.39 is 29.0 Å². The van der Waals surface area contributed by atoms with Crippen LogP contribution in [0.4, 0.5) is 28.9 Å². The molecule has 0 spiro atoms. The monoisotopic (exact) mass is 404 g/mol. The van der Waals surface area contributed by atoms with E-state index in [-0.39, 0.29) is 18.5 Å². The van der Waals surface area contributed by atoms with E-state index in [2.05, 4.69) is 10.4 Å². The summed E-state index contributed by atoms with van der Waals surface area (Å²) in [6, 6.07) is 8.12. The highest BCUT2D eigenvalue weighted by atomic mass is 19.1. The Morgan fingerprint density at radius 2 is 1.69 bits per heavy atom. The lowest BCUT2D eigenvalue weighted by molar-refractivity contribution is 0.0953. The molecule has 1 aliphatic rings. The number of fused-ring (bicyclic) bond motifs is 1. The van der Waals surface area contributed by atoms with Crippen molar-refractivity contribution < 1.29 is 22.4 Å². The maximum atomic E-state index is 13.8. The van der Waals surface area contributed by atoms with Crippen LogP contribution < -0.4 is 10.2 Å². The Balaban J connectivity index is 1.57. The highest BCUT2D eigenvalue weighted by Gasteiger charge is 2.31. The number of halogens is 4. The zero-order valence-corrected chi connectivity index (χ0v) is 15.3. The predicted octanol–water partition coefficient (Wildman–Crippen LogP) is 4.27. The third kappa shape index (κ3) is 3.55. The molecule has 0 saturated heterocycles. The van der Waals surface area contributed by atoms with Crippen molar-refractivity contribution in [1.82, 2.24) is 9.78 Å². The molecule has 5 nitrogen and oxygen atoms in total. The first-order valence-corrected chi connectivity index (χ1v) is 8.88. The number of anilines is 2. The number of nitrogens with one attached hydrogen (secondary N) is 1. The summed E-state index contributed by atoms with van der Waals surface area (Å²) in [4.78, 5) is 14.4. The number of carbonyl (C=O) groups excluding carboxylic acids is 1. The molecule has 29 heavy (non-hydrogen) atoms. The number of hydrogen-bond acceptors (Lipinski definition) is 3. The molecule has 9 heteroatoms. The maximum absolute atomic E-state index is 13.8. The second-order valence-corrected chi connectivity index (χ2v) is 6.80. The Morgan fingerprint density at radius 1 is 1.03 bits per heavy atom. The average Bonchev–Trinajstić information content (AvgIpc) is 3.10. The molecule has 2 aromatic carbocycles. The number of rotatable bonds is 4. The van der Waals surface area contributed by atoms with E-state index in [0.717, 1.165) is 0 Å². The van der Waals surface area contributed by atoms with Gasteiger partial charge in [-0.25, -0.2) is 17.6 Å². The molecule has 1 aromatic heterocycles. The minimum absolute atomic E-state index is 0.0595. The third-order valence-electron chi connectivity index (χ3n) is 4.71. The van der Waals surface area contributed by atoms with Crippen molar-refractivity contribution in [3.8, 4) is 0 Å². The van der Waals surface area contributed by atoms with E-state index in [1.54, 1.807) is 4.68 Å². The number of carbonyl (C=O) groups is 1. The van der Waals surface area contributed by atoms with E-state index in [4.69, 9.17) is 0 Å². The molecule has 1 amide bonds. The van der Waals surface area contributed by atoms with Gasteiger partial charge < -0.3 is 10.2 Å². The molecule has 2 heterocycles. The van der Waals surface area contributed by atoms with Crippen LogP contribution in [0.15, 0.2) is 42.5 Å². The fourth-order valence-electron chi connectivity index (χ4n) is 3.32. The van der Waals surface area contributed by atoms with Crippen LogP contribution in [0.1, 0.15) is 29.1 Å². The molecule has 0 saturated carbocycles. The molecule has 0 radical (unpaired) electrons. The highest BCUT2D eigenvalue weighted by Crippen LogP contribution is 2.27. The summed E-state index contributed by atoms with van der Waals surface area (Å²) in [5.41, 5.74) is 0.796. The summed E-state index contributed by atoms with van der Waals surface area (Å²) in [5, 5.41) is 6.90. The summed E-state index contributed by atoms with van der Waals surface area (Å²) in [7, 11) is 0. The van der Waals surface area contributed by atoms with E-state index in [9.17, 15) is 22.4 Å². The lowest BCUT2D eigenvalue weighted by atomic mass is 10.1. The Morgan fingerprint density at radius 3 is 2.34 bits per heavy atom. The second-order valence-electron chi connectivity index (χ2n) is 6.80. The normalized spacial score (nSPS) is 16.1. The van der Waals surface area contributed by atoms with Gasteiger partial charge >= 0.3 is 0 Å². The van der Waals surface area contributed by atoms with Gasteiger partial charge in [-0.05, 0) is 37.3 Å². The summed E-state index contributed by atoms with van der Waals surface area (Å²) >= 11 is 0. The number of amides is 1. The SMILES string of the molecule is CC1CN(c2ccc(F)cc2)C(=O)c2cc(CNc3c(F)cc(F)cc3F)nn21. The van der Waals surface area contributed by atoms with Crippen LogP contribution in [-0.4, -0.2) is 22.2 Å². The van der Waals surface area contributed by atoms with Crippen molar-refractivity contribution in [2.45, 2.75) is 19.5 Å². The van der Waals surface area contributed by atoms with Crippen molar-refractivity contribution >= 4 is 17.3 Å². The van der Waals surface area contributed by atoms with Gasteiger partial charge in [-0.2, -0.15) is 5.10 Å². The summed E-state index contributed by atoms with van der Waals surface area (Å²) in [6.07, 6.45) is 0. The Hall–Kier alpha value is -3.36. The smallest absolute Gasteiger partial charge is 0.276 e. The zero-order valence-electron chi connectivity index (χ0n) is 15.3. The van der Waals surface area contributed by atoms with Gasteiger partial charge in [0, 0.05) is 24.4 Å². The van der Waals surface area contributed by atoms with Crippen molar-refractivity contribution in [1.29, 1.82) is 0 Å². The van der Waals surface area contributed by atoms with Gasteiger partial charge in [-0.15, -0.1) is 0 Å². The highest BCUT2D eigenvalue weighted by molar-refractivity contribution is 6.05. The summed E-state index contributed by atoms with van der Waals surface area (Å²) < 4.78 is 55.3. The molecule has 1 atom stereocenters. The molecule has 4 rings (SSSR count). The van der Waals surface area contributed by atoms with Gasteiger partial charge in [0.2, 0.25) is 0 Å². The largest absolute Gasteiger partial charge is 0.375 e. The Bertz CT molecular complexity index is 1060. The quantitative estimate of drug-likeness (QED) is 0.661. The first-order valence-electron chi connectivity index (χ1n) is 8.88. The molecular weight excluding hydrogens is 388 g/mol. The number of benzene rings is 2. The second kappa shape index (κ2) is 7.23. The van der Waals surface area contributed by atoms with Crippen molar-refractivity contribution in [3.63, 3.8) is 0 Å². The van der Waals surface area contributed by atoms with Gasteiger partial charge in [0.1, 0.15) is 23.0 Å². The summed E-state index contributed by atoms with van der Waals surface area (Å²) in [6.45, 7) is 2.15. The molecule has 1 aliphatic heterocycles.